The van der Waals surface area contributed by atoms with E-state index >= 15 is 0 Å². The summed E-state index contributed by atoms with van der Waals surface area (Å²) >= 11 is 0. The first-order chi connectivity index (χ1) is 13.5. The fraction of sp³-hybridized carbons (Fsp3) is 0.286. The van der Waals surface area contributed by atoms with Crippen LogP contribution in [0, 0.1) is 5.41 Å². The number of hydrogen-bond donors (Lipinski definition) is 1. The van der Waals surface area contributed by atoms with E-state index < -0.39 is 33.8 Å². The van der Waals surface area contributed by atoms with E-state index in [0.717, 1.165) is 10.4 Å². The van der Waals surface area contributed by atoms with Crippen molar-refractivity contribution in [3.63, 3.8) is 0 Å². The van der Waals surface area contributed by atoms with Crippen molar-refractivity contribution in [1.29, 1.82) is 5.41 Å². The van der Waals surface area contributed by atoms with E-state index in [1.165, 1.54) is 5.84 Å². The molecule has 0 aromatic heterocycles. The van der Waals surface area contributed by atoms with E-state index in [0.29, 0.717) is 0 Å². The third-order valence-electron chi connectivity index (χ3n) is 4.45. The lowest BCUT2D eigenvalue weighted by atomic mass is 10.4. The average Bonchev–Trinajstić information content (AvgIpc) is 2.67. The third kappa shape index (κ3) is 6.29. The van der Waals surface area contributed by atoms with Gasteiger partial charge in [0.1, 0.15) is 0 Å². The monoisotopic (exact) mass is 459 g/mol. The van der Waals surface area contributed by atoms with Gasteiger partial charge in [0.05, 0.1) is 0 Å². The highest BCUT2D eigenvalue weighted by molar-refractivity contribution is 7.05. The van der Waals surface area contributed by atoms with Gasteiger partial charge in [-0.25, -0.2) is 0 Å². The van der Waals surface area contributed by atoms with Gasteiger partial charge in [0, 0.05) is 5.84 Å². The second-order valence-electron chi connectivity index (χ2n) is 8.61. The minimum absolute atomic E-state index is 1.06. The zero-order valence-corrected chi connectivity index (χ0v) is 22.4. The summed E-state index contributed by atoms with van der Waals surface area (Å²) < 4.78 is 20.5. The van der Waals surface area contributed by atoms with Gasteiger partial charge in [-0.1, -0.05) is 66.4 Å². The van der Waals surface area contributed by atoms with Crippen LogP contribution < -0.4 is 10.4 Å². The number of hydrogen-bond acceptors (Lipinski definition) is 4. The molecule has 0 atom stereocenters. The van der Waals surface area contributed by atoms with Crippen molar-refractivity contribution in [1.82, 2.24) is 0 Å². The first-order valence-corrected chi connectivity index (χ1v) is 20.4. The van der Waals surface area contributed by atoms with Crippen LogP contribution in [0.4, 0.5) is 0 Å². The molecule has 0 radical (unpaired) electrons. The van der Waals surface area contributed by atoms with Crippen molar-refractivity contribution >= 4 is 50.0 Å². The molecule has 0 heterocycles. The van der Waals surface area contributed by atoms with Crippen LogP contribution >= 0.6 is 0 Å². The Hall–Kier alpha value is -1.40. The van der Waals surface area contributed by atoms with Gasteiger partial charge in [0.25, 0.3) is 0 Å². The van der Waals surface area contributed by atoms with E-state index in [1.54, 1.807) is 0 Å². The highest BCUT2D eigenvalue weighted by Crippen LogP contribution is 2.24. The highest BCUT2D eigenvalue weighted by Gasteiger charge is 2.51. The van der Waals surface area contributed by atoms with Crippen molar-refractivity contribution in [3.05, 3.63) is 72.9 Å². The Morgan fingerprint density at radius 3 is 1.52 bits per heavy atom. The lowest BCUT2D eigenvalue weighted by Gasteiger charge is -2.43. The van der Waals surface area contributed by atoms with Crippen LogP contribution in [0.1, 0.15) is 0 Å². The topological polar surface area (TPSA) is 51.5 Å². The SMILES string of the molecule is C=C[Si](C)(C)O[Si](O[Si](C)(C)O[Si](C)(C)C=N)(c1ccccc1)c1ccccc1. The van der Waals surface area contributed by atoms with Crippen LogP contribution in [-0.4, -0.2) is 39.6 Å². The van der Waals surface area contributed by atoms with Crippen LogP contribution in [0.25, 0.3) is 0 Å². The molecule has 156 valence electrons. The van der Waals surface area contributed by atoms with Crippen molar-refractivity contribution in [3.8, 4) is 0 Å². The molecule has 0 aliphatic rings. The Kier molecular flexibility index (Phi) is 7.55. The molecule has 2 aromatic rings. The van der Waals surface area contributed by atoms with Crippen LogP contribution in [0.5, 0.6) is 0 Å². The van der Waals surface area contributed by atoms with Gasteiger partial charge in [0.2, 0.25) is 16.6 Å². The number of benzene rings is 2. The van der Waals surface area contributed by atoms with Crippen molar-refractivity contribution < 1.29 is 12.3 Å². The summed E-state index contributed by atoms with van der Waals surface area (Å²) in [5, 5.41) is 9.89. The summed E-state index contributed by atoms with van der Waals surface area (Å²) in [5.41, 5.74) is 1.95. The summed E-state index contributed by atoms with van der Waals surface area (Å²) in [6.07, 6.45) is 0. The molecule has 0 fully saturated rings. The fourth-order valence-electron chi connectivity index (χ4n) is 3.18. The second kappa shape index (κ2) is 9.17. The van der Waals surface area contributed by atoms with Crippen LogP contribution in [-0.2, 0) is 12.3 Å². The van der Waals surface area contributed by atoms with Gasteiger partial charge < -0.3 is 17.8 Å². The van der Waals surface area contributed by atoms with Gasteiger partial charge >= 0.3 is 17.1 Å². The van der Waals surface area contributed by atoms with E-state index in [-0.39, 0.29) is 0 Å². The van der Waals surface area contributed by atoms with Gasteiger partial charge in [0.15, 0.2) is 0 Å². The molecule has 2 rings (SSSR count). The highest BCUT2D eigenvalue weighted by atomic mass is 28.5. The predicted octanol–water partition coefficient (Wildman–Crippen LogP) is 4.32. The van der Waals surface area contributed by atoms with Gasteiger partial charge in [-0.3, -0.25) is 0 Å². The lowest BCUT2D eigenvalue weighted by Crippen LogP contribution is -2.71. The maximum absolute atomic E-state index is 7.77. The van der Waals surface area contributed by atoms with E-state index in [1.807, 2.05) is 55.2 Å². The molecule has 0 amide bonds. The third-order valence-corrected chi connectivity index (χ3v) is 18.8. The Balaban J connectivity index is 2.68. The van der Waals surface area contributed by atoms with Crippen molar-refractivity contribution in [2.75, 3.05) is 0 Å². The minimum Gasteiger partial charge on any atom is -0.432 e. The summed E-state index contributed by atoms with van der Waals surface area (Å²) in [6.45, 7) is 16.5. The molecule has 2 aromatic carbocycles. The van der Waals surface area contributed by atoms with Crippen LogP contribution in [0.2, 0.25) is 39.3 Å². The lowest BCUT2D eigenvalue weighted by molar-refractivity contribution is 0.346. The fourth-order valence-corrected chi connectivity index (χ4v) is 19.1. The molecule has 0 aliphatic heterocycles. The Bertz CT molecular complexity index is 787. The molecule has 4 nitrogen and oxygen atoms in total. The summed E-state index contributed by atoms with van der Waals surface area (Å²) in [4.78, 5) is 0. The molecule has 0 saturated heterocycles. The van der Waals surface area contributed by atoms with Crippen LogP contribution in [0.3, 0.4) is 0 Å². The summed E-state index contributed by atoms with van der Waals surface area (Å²) in [7, 11) is -10.2. The van der Waals surface area contributed by atoms with Crippen molar-refractivity contribution in [2.24, 2.45) is 0 Å². The van der Waals surface area contributed by atoms with E-state index in [4.69, 9.17) is 17.8 Å². The van der Waals surface area contributed by atoms with Gasteiger partial charge in [-0.05, 0) is 49.7 Å². The normalized spacial score (nSPS) is 13.2. The number of rotatable bonds is 10. The maximum atomic E-state index is 7.77. The van der Waals surface area contributed by atoms with E-state index in [2.05, 4.69) is 57.0 Å². The van der Waals surface area contributed by atoms with Gasteiger partial charge in [-0.2, -0.15) is 0 Å². The number of nitrogens with one attached hydrogen (secondary N) is 1. The zero-order chi connectivity index (χ0) is 21.8. The van der Waals surface area contributed by atoms with E-state index in [9.17, 15) is 0 Å². The van der Waals surface area contributed by atoms with Crippen molar-refractivity contribution in [2.45, 2.75) is 39.3 Å². The Labute approximate surface area is 179 Å². The molecule has 1 N–H and O–H groups in total. The minimum atomic E-state index is -3.08. The first-order valence-electron chi connectivity index (χ1n) is 9.82. The Morgan fingerprint density at radius 2 is 1.14 bits per heavy atom. The Morgan fingerprint density at radius 1 is 0.690 bits per heavy atom. The maximum Gasteiger partial charge on any atom is 0.388 e. The summed E-state index contributed by atoms with van der Waals surface area (Å²) in [6, 6.07) is 20.5. The predicted molar refractivity (Wildman–Crippen MR) is 133 cm³/mol. The molecule has 8 heteroatoms. The summed E-state index contributed by atoms with van der Waals surface area (Å²) in [5.74, 6) is 1.46. The zero-order valence-electron chi connectivity index (χ0n) is 18.4. The molecule has 29 heavy (non-hydrogen) atoms. The largest absolute Gasteiger partial charge is 0.432 e. The van der Waals surface area contributed by atoms with Crippen LogP contribution in [0.15, 0.2) is 72.9 Å². The second-order valence-corrected chi connectivity index (χ2v) is 23.4. The van der Waals surface area contributed by atoms with Gasteiger partial charge in [-0.15, -0.1) is 6.58 Å². The average molecular weight is 460 g/mol. The molecule has 0 bridgehead atoms. The molecule has 0 saturated carbocycles. The molecular weight excluding hydrogens is 427 g/mol. The first kappa shape index (κ1) is 23.9. The molecule has 0 aliphatic carbocycles. The molecular formula is C21H33NO3Si4. The standard InChI is InChI=1S/C21H33NO3Si4/c1-8-26(2,3)24-29(20-15-11-9-12-16-20,21-17-13-10-14-18-21)25-28(6,7)23-27(4,5)19-22/h8-19,22H,1H2,2-7H3. The molecule has 0 unspecified atom stereocenters. The molecule has 0 spiro atoms. The quantitative estimate of drug-likeness (QED) is 0.425. The smallest absolute Gasteiger partial charge is 0.388 e.